The Morgan fingerprint density at radius 2 is 1.67 bits per heavy atom. The highest BCUT2D eigenvalue weighted by Gasteiger charge is 2.51. The van der Waals surface area contributed by atoms with E-state index in [2.05, 4.69) is 16.0 Å². The van der Waals surface area contributed by atoms with E-state index >= 15 is 0 Å². The van der Waals surface area contributed by atoms with Gasteiger partial charge in [-0.2, -0.15) is 0 Å². The van der Waals surface area contributed by atoms with Crippen LogP contribution >= 0.6 is 11.6 Å². The average molecular weight is 344 g/mol. The van der Waals surface area contributed by atoms with E-state index in [0.717, 1.165) is 18.4 Å². The second-order valence-electron chi connectivity index (χ2n) is 5.83. The molecule has 6 heteroatoms. The van der Waals surface area contributed by atoms with E-state index in [-0.39, 0.29) is 11.9 Å². The SMILES string of the molecule is CNC(=O)Nc1cccc(NC(=O)C2(c3cccc(Cl)c3)CC2)c1. The third-order valence-corrected chi connectivity index (χ3v) is 4.40. The Morgan fingerprint density at radius 1 is 1.00 bits per heavy atom. The number of urea groups is 1. The van der Waals surface area contributed by atoms with Gasteiger partial charge in [-0.1, -0.05) is 29.8 Å². The van der Waals surface area contributed by atoms with Crippen molar-refractivity contribution in [3.8, 4) is 0 Å². The summed E-state index contributed by atoms with van der Waals surface area (Å²) in [6, 6.07) is 14.2. The minimum Gasteiger partial charge on any atom is -0.341 e. The molecule has 5 nitrogen and oxygen atoms in total. The van der Waals surface area contributed by atoms with Crippen LogP contribution < -0.4 is 16.0 Å². The molecule has 1 saturated carbocycles. The van der Waals surface area contributed by atoms with Crippen molar-refractivity contribution in [3.63, 3.8) is 0 Å². The van der Waals surface area contributed by atoms with Crippen molar-refractivity contribution >= 4 is 34.9 Å². The van der Waals surface area contributed by atoms with Crippen LogP contribution in [-0.2, 0) is 10.2 Å². The van der Waals surface area contributed by atoms with Crippen molar-refractivity contribution in [1.29, 1.82) is 0 Å². The Bertz CT molecular complexity index is 787. The van der Waals surface area contributed by atoms with Crippen LogP contribution in [0.4, 0.5) is 16.2 Å². The molecule has 3 amide bonds. The number of hydrogen-bond acceptors (Lipinski definition) is 2. The minimum atomic E-state index is -0.505. The number of hydrogen-bond donors (Lipinski definition) is 3. The minimum absolute atomic E-state index is 0.0538. The zero-order valence-corrected chi connectivity index (χ0v) is 14.0. The van der Waals surface area contributed by atoms with Crippen molar-refractivity contribution in [2.45, 2.75) is 18.3 Å². The normalized spacial score (nSPS) is 14.6. The van der Waals surface area contributed by atoms with Crippen LogP contribution in [0.5, 0.6) is 0 Å². The number of carbonyl (C=O) groups excluding carboxylic acids is 2. The van der Waals surface area contributed by atoms with Crippen LogP contribution in [0.2, 0.25) is 5.02 Å². The summed E-state index contributed by atoms with van der Waals surface area (Å²) < 4.78 is 0. The molecular formula is C18H18ClN3O2. The average Bonchev–Trinajstić information content (AvgIpc) is 3.37. The monoisotopic (exact) mass is 343 g/mol. The summed E-state index contributed by atoms with van der Waals surface area (Å²) in [4.78, 5) is 24.1. The summed E-state index contributed by atoms with van der Waals surface area (Å²) in [6.45, 7) is 0. The first-order chi connectivity index (χ1) is 11.5. The number of amides is 3. The van der Waals surface area contributed by atoms with Gasteiger partial charge < -0.3 is 16.0 Å². The second kappa shape index (κ2) is 6.53. The number of rotatable bonds is 4. The lowest BCUT2D eigenvalue weighted by Crippen LogP contribution is -2.28. The van der Waals surface area contributed by atoms with Gasteiger partial charge in [-0.05, 0) is 48.7 Å². The predicted octanol–water partition coefficient (Wildman–Crippen LogP) is 3.76. The summed E-state index contributed by atoms with van der Waals surface area (Å²) in [6.07, 6.45) is 1.60. The van der Waals surface area contributed by atoms with E-state index in [4.69, 9.17) is 11.6 Å². The molecule has 2 aromatic rings. The van der Waals surface area contributed by atoms with Crippen LogP contribution in [0.3, 0.4) is 0 Å². The molecule has 0 aromatic heterocycles. The van der Waals surface area contributed by atoms with E-state index in [1.54, 1.807) is 37.4 Å². The number of benzene rings is 2. The third kappa shape index (κ3) is 3.36. The molecule has 1 aliphatic rings. The van der Waals surface area contributed by atoms with Crippen LogP contribution in [0, 0.1) is 0 Å². The van der Waals surface area contributed by atoms with Crippen LogP contribution in [0.25, 0.3) is 0 Å². The van der Waals surface area contributed by atoms with Gasteiger partial charge >= 0.3 is 6.03 Å². The molecule has 0 radical (unpaired) electrons. The quantitative estimate of drug-likeness (QED) is 0.791. The Hall–Kier alpha value is -2.53. The third-order valence-electron chi connectivity index (χ3n) is 4.17. The maximum Gasteiger partial charge on any atom is 0.318 e. The molecule has 24 heavy (non-hydrogen) atoms. The molecule has 1 fully saturated rings. The highest BCUT2D eigenvalue weighted by atomic mass is 35.5. The van der Waals surface area contributed by atoms with Gasteiger partial charge in [0.1, 0.15) is 0 Å². The highest BCUT2D eigenvalue weighted by Crippen LogP contribution is 2.49. The van der Waals surface area contributed by atoms with Gasteiger partial charge in [0.05, 0.1) is 5.41 Å². The largest absolute Gasteiger partial charge is 0.341 e. The number of anilines is 2. The molecule has 0 saturated heterocycles. The topological polar surface area (TPSA) is 70.2 Å². The summed E-state index contributed by atoms with van der Waals surface area (Å²) in [5.74, 6) is -0.0538. The predicted molar refractivity (Wildman–Crippen MR) is 95.5 cm³/mol. The Kier molecular flexibility index (Phi) is 4.44. The Balaban J connectivity index is 1.75. The molecule has 3 rings (SSSR count). The molecule has 0 aliphatic heterocycles. The maximum atomic E-state index is 12.7. The summed E-state index contributed by atoms with van der Waals surface area (Å²) in [7, 11) is 1.54. The summed E-state index contributed by atoms with van der Waals surface area (Å²) in [5, 5.41) is 8.73. The van der Waals surface area contributed by atoms with Crippen molar-refractivity contribution in [2.75, 3.05) is 17.7 Å². The molecule has 0 bridgehead atoms. The molecule has 0 heterocycles. The molecular weight excluding hydrogens is 326 g/mol. The van der Waals surface area contributed by atoms with Crippen molar-refractivity contribution < 1.29 is 9.59 Å². The Morgan fingerprint density at radius 3 is 2.29 bits per heavy atom. The fraction of sp³-hybridized carbons (Fsp3) is 0.222. The maximum absolute atomic E-state index is 12.7. The van der Waals surface area contributed by atoms with E-state index in [1.165, 1.54) is 0 Å². The van der Waals surface area contributed by atoms with E-state index in [9.17, 15) is 9.59 Å². The fourth-order valence-corrected chi connectivity index (χ4v) is 2.87. The van der Waals surface area contributed by atoms with Gasteiger partial charge in [0.15, 0.2) is 0 Å². The lowest BCUT2D eigenvalue weighted by atomic mass is 9.95. The van der Waals surface area contributed by atoms with Gasteiger partial charge in [-0.25, -0.2) is 4.79 Å². The summed E-state index contributed by atoms with van der Waals surface area (Å²) in [5.41, 5.74) is 1.68. The molecule has 0 unspecified atom stereocenters. The van der Waals surface area contributed by atoms with Crippen molar-refractivity contribution in [2.24, 2.45) is 0 Å². The molecule has 0 spiro atoms. The fourth-order valence-electron chi connectivity index (χ4n) is 2.68. The second-order valence-corrected chi connectivity index (χ2v) is 6.27. The van der Waals surface area contributed by atoms with E-state index < -0.39 is 5.41 Å². The van der Waals surface area contributed by atoms with Crippen molar-refractivity contribution in [3.05, 3.63) is 59.1 Å². The molecule has 1 aliphatic carbocycles. The lowest BCUT2D eigenvalue weighted by molar-refractivity contribution is -0.118. The molecule has 3 N–H and O–H groups in total. The zero-order chi connectivity index (χ0) is 17.2. The number of nitrogens with one attached hydrogen (secondary N) is 3. The first kappa shape index (κ1) is 16.3. The van der Waals surface area contributed by atoms with Gasteiger partial charge in [0, 0.05) is 23.4 Å². The summed E-state index contributed by atoms with van der Waals surface area (Å²) >= 11 is 6.05. The molecule has 0 atom stereocenters. The molecule has 124 valence electrons. The number of halogens is 1. The zero-order valence-electron chi connectivity index (χ0n) is 13.2. The van der Waals surface area contributed by atoms with Gasteiger partial charge in [0.2, 0.25) is 5.91 Å². The van der Waals surface area contributed by atoms with Gasteiger partial charge in [-0.3, -0.25) is 4.79 Å². The highest BCUT2D eigenvalue weighted by molar-refractivity contribution is 6.30. The lowest BCUT2D eigenvalue weighted by Gasteiger charge is -2.16. The van der Waals surface area contributed by atoms with Gasteiger partial charge in [-0.15, -0.1) is 0 Å². The van der Waals surface area contributed by atoms with E-state index in [1.807, 2.05) is 18.2 Å². The van der Waals surface area contributed by atoms with Crippen LogP contribution in [0.1, 0.15) is 18.4 Å². The first-order valence-electron chi connectivity index (χ1n) is 7.70. The van der Waals surface area contributed by atoms with Crippen LogP contribution in [-0.4, -0.2) is 19.0 Å². The Labute approximate surface area is 145 Å². The molecule has 2 aromatic carbocycles. The van der Waals surface area contributed by atoms with Gasteiger partial charge in [0.25, 0.3) is 0 Å². The smallest absolute Gasteiger partial charge is 0.318 e. The van der Waals surface area contributed by atoms with E-state index in [0.29, 0.717) is 16.4 Å². The standard InChI is InChI=1S/C18H18ClN3O2/c1-20-17(24)22-15-7-3-6-14(11-15)21-16(23)18(8-9-18)12-4-2-5-13(19)10-12/h2-7,10-11H,8-9H2,1H3,(H,21,23)(H2,20,22,24). The van der Waals surface area contributed by atoms with Crippen molar-refractivity contribution in [1.82, 2.24) is 5.32 Å². The van der Waals surface area contributed by atoms with Crippen LogP contribution in [0.15, 0.2) is 48.5 Å². The number of carbonyl (C=O) groups is 2. The first-order valence-corrected chi connectivity index (χ1v) is 8.08.